The minimum Gasteiger partial charge on any atom is -0.508 e. The zero-order valence-corrected chi connectivity index (χ0v) is 21.4. The molecule has 4 N–H and O–H groups in total. The summed E-state index contributed by atoms with van der Waals surface area (Å²) in [4.78, 5) is 41.2. The summed E-state index contributed by atoms with van der Waals surface area (Å²) in [7, 11) is 0. The van der Waals surface area contributed by atoms with Gasteiger partial charge in [0.15, 0.2) is 0 Å². The van der Waals surface area contributed by atoms with Gasteiger partial charge in [-0.15, -0.1) is 0 Å². The molecule has 0 aliphatic heterocycles. The molecule has 2 atom stereocenters. The Labute approximate surface area is 211 Å². The Morgan fingerprint density at radius 1 is 1.08 bits per heavy atom. The van der Waals surface area contributed by atoms with Gasteiger partial charge in [-0.3, -0.25) is 9.59 Å². The Balaban J connectivity index is 1.98. The summed E-state index contributed by atoms with van der Waals surface area (Å²) in [6.07, 6.45) is 0.523. The van der Waals surface area contributed by atoms with Gasteiger partial charge >= 0.3 is 6.09 Å². The van der Waals surface area contributed by atoms with Crippen molar-refractivity contribution in [1.29, 1.82) is 0 Å². The van der Waals surface area contributed by atoms with Gasteiger partial charge in [0.05, 0.1) is 6.61 Å². The number of benzene rings is 2. The van der Waals surface area contributed by atoms with Gasteiger partial charge in [0.2, 0.25) is 5.91 Å². The summed E-state index contributed by atoms with van der Waals surface area (Å²) in [5, 5.41) is 25.4. The van der Waals surface area contributed by atoms with Crippen molar-refractivity contribution in [2.75, 3.05) is 11.9 Å². The maximum atomic E-state index is 13.7. The fraction of sp³-hybridized carbons (Fsp3) is 0.444. The van der Waals surface area contributed by atoms with Gasteiger partial charge in [0.25, 0.3) is 5.91 Å². The number of aliphatic hydroxyl groups is 1. The Morgan fingerprint density at radius 3 is 2.31 bits per heavy atom. The zero-order chi connectivity index (χ0) is 26.6. The number of nitrogens with zero attached hydrogens (tertiary/aromatic N) is 1. The molecule has 2 aromatic carbocycles. The third-order valence-electron chi connectivity index (χ3n) is 5.83. The molecule has 2 aromatic rings. The second-order valence-corrected chi connectivity index (χ2v) is 10.1. The second kappa shape index (κ2) is 11.0. The van der Waals surface area contributed by atoms with Gasteiger partial charge in [-0.05, 0) is 82.3 Å². The highest BCUT2D eigenvalue weighted by atomic mass is 16.6. The van der Waals surface area contributed by atoms with Crippen LogP contribution in [0.25, 0.3) is 0 Å². The number of phenols is 1. The van der Waals surface area contributed by atoms with Gasteiger partial charge in [-0.1, -0.05) is 24.3 Å². The lowest BCUT2D eigenvalue weighted by atomic mass is 9.99. The average molecular weight is 498 g/mol. The van der Waals surface area contributed by atoms with Crippen LogP contribution in [0.2, 0.25) is 0 Å². The van der Waals surface area contributed by atoms with E-state index in [1.807, 2.05) is 19.1 Å². The monoisotopic (exact) mass is 497 g/mol. The van der Waals surface area contributed by atoms with Crippen molar-refractivity contribution in [3.63, 3.8) is 0 Å². The topological polar surface area (TPSA) is 128 Å². The van der Waals surface area contributed by atoms with Crippen molar-refractivity contribution in [3.8, 4) is 5.75 Å². The van der Waals surface area contributed by atoms with Crippen molar-refractivity contribution in [2.24, 2.45) is 0 Å². The van der Waals surface area contributed by atoms with E-state index in [0.717, 1.165) is 5.56 Å². The van der Waals surface area contributed by atoms with Crippen LogP contribution in [0, 0.1) is 13.8 Å². The average Bonchev–Trinajstić information content (AvgIpc) is 3.62. The first kappa shape index (κ1) is 27.0. The summed E-state index contributed by atoms with van der Waals surface area (Å²) in [5.74, 6) is -0.967. The van der Waals surface area contributed by atoms with Crippen LogP contribution in [0.4, 0.5) is 10.5 Å². The molecule has 0 radical (unpaired) electrons. The summed E-state index contributed by atoms with van der Waals surface area (Å²) in [6, 6.07) is 9.45. The van der Waals surface area contributed by atoms with Crippen LogP contribution in [0.15, 0.2) is 42.5 Å². The smallest absolute Gasteiger partial charge is 0.408 e. The van der Waals surface area contributed by atoms with E-state index in [1.165, 1.54) is 11.0 Å². The molecule has 1 fully saturated rings. The van der Waals surface area contributed by atoms with Gasteiger partial charge in [-0.25, -0.2) is 4.79 Å². The van der Waals surface area contributed by atoms with Gasteiger partial charge in [0, 0.05) is 11.7 Å². The second-order valence-electron chi connectivity index (χ2n) is 10.1. The molecule has 0 spiro atoms. The van der Waals surface area contributed by atoms with Crippen molar-refractivity contribution in [2.45, 2.75) is 71.2 Å². The number of carbonyl (C=O) groups excluding carboxylic acids is 3. The van der Waals surface area contributed by atoms with Crippen LogP contribution in [-0.4, -0.2) is 57.3 Å². The lowest BCUT2D eigenvalue weighted by Crippen LogP contribution is -2.54. The number of carbonyl (C=O) groups is 3. The lowest BCUT2D eigenvalue weighted by molar-refractivity contribution is -0.142. The largest absolute Gasteiger partial charge is 0.508 e. The van der Waals surface area contributed by atoms with Crippen LogP contribution >= 0.6 is 0 Å². The molecule has 0 aromatic heterocycles. The van der Waals surface area contributed by atoms with Gasteiger partial charge < -0.3 is 30.5 Å². The number of alkyl carbamates (subject to hydrolysis) is 1. The number of rotatable bonds is 8. The highest BCUT2D eigenvalue weighted by Crippen LogP contribution is 2.37. The molecule has 3 rings (SSSR count). The molecule has 194 valence electrons. The van der Waals surface area contributed by atoms with Crippen LogP contribution in [0.1, 0.15) is 56.3 Å². The lowest BCUT2D eigenvalue weighted by Gasteiger charge is -2.34. The zero-order valence-electron chi connectivity index (χ0n) is 21.4. The number of para-hydroxylation sites is 1. The van der Waals surface area contributed by atoms with E-state index in [2.05, 4.69) is 10.6 Å². The van der Waals surface area contributed by atoms with Crippen molar-refractivity contribution in [3.05, 3.63) is 59.2 Å². The molecule has 1 saturated carbocycles. The minimum atomic E-state index is -1.30. The summed E-state index contributed by atoms with van der Waals surface area (Å²) in [5.41, 5.74) is 1.73. The van der Waals surface area contributed by atoms with Crippen LogP contribution in [-0.2, 0) is 14.3 Å². The molecular weight excluding hydrogens is 462 g/mol. The standard InChI is InChI=1S/C27H35N3O6/c1-16-8-6-7-9-20(16)28-24(33)23(18-10-13-22(32)17(2)14-18)30(19-11-12-19)25(34)21(15-31)29-26(35)36-27(3,4)5/h6-10,13-14,19,21,23,31-32H,11-12,15H2,1-5H3,(H,28,33)(H,29,35). The predicted molar refractivity (Wildman–Crippen MR) is 136 cm³/mol. The number of aliphatic hydroxyl groups excluding tert-OH is 1. The maximum Gasteiger partial charge on any atom is 0.408 e. The molecule has 3 amide bonds. The molecule has 2 unspecified atom stereocenters. The van der Waals surface area contributed by atoms with Crippen LogP contribution < -0.4 is 10.6 Å². The number of aromatic hydroxyl groups is 1. The molecular formula is C27H35N3O6. The Bertz CT molecular complexity index is 1120. The fourth-order valence-corrected chi connectivity index (χ4v) is 3.89. The predicted octanol–water partition coefficient (Wildman–Crippen LogP) is 3.57. The van der Waals surface area contributed by atoms with E-state index in [0.29, 0.717) is 29.7 Å². The molecule has 1 aliphatic rings. The summed E-state index contributed by atoms with van der Waals surface area (Å²) in [6.45, 7) is 7.99. The number of hydrogen-bond acceptors (Lipinski definition) is 6. The normalized spacial score (nSPS) is 14.9. The molecule has 1 aliphatic carbocycles. The van der Waals surface area contributed by atoms with Gasteiger partial charge in [-0.2, -0.15) is 0 Å². The van der Waals surface area contributed by atoms with E-state index < -0.39 is 42.2 Å². The van der Waals surface area contributed by atoms with Crippen LogP contribution in [0.3, 0.4) is 0 Å². The van der Waals surface area contributed by atoms with Crippen molar-refractivity contribution < 1.29 is 29.3 Å². The number of phenolic OH excluding ortho intramolecular Hbond substituents is 1. The highest BCUT2D eigenvalue weighted by Gasteiger charge is 2.44. The molecule has 0 bridgehead atoms. The van der Waals surface area contributed by atoms with E-state index in [4.69, 9.17) is 4.74 Å². The number of ether oxygens (including phenoxy) is 1. The van der Waals surface area contributed by atoms with Gasteiger partial charge in [0.1, 0.15) is 23.4 Å². The first-order valence-corrected chi connectivity index (χ1v) is 12.0. The van der Waals surface area contributed by atoms with Crippen molar-refractivity contribution >= 4 is 23.6 Å². The fourth-order valence-electron chi connectivity index (χ4n) is 3.89. The number of aryl methyl sites for hydroxylation is 2. The number of amides is 3. The number of hydrogen-bond donors (Lipinski definition) is 4. The van der Waals surface area contributed by atoms with E-state index in [-0.39, 0.29) is 11.8 Å². The Kier molecular flexibility index (Phi) is 8.24. The first-order valence-electron chi connectivity index (χ1n) is 12.0. The Hall–Kier alpha value is -3.59. The third kappa shape index (κ3) is 6.75. The molecule has 9 heteroatoms. The first-order chi connectivity index (χ1) is 16.9. The summed E-state index contributed by atoms with van der Waals surface area (Å²) < 4.78 is 5.25. The number of nitrogens with one attached hydrogen (secondary N) is 2. The maximum absolute atomic E-state index is 13.7. The van der Waals surface area contributed by atoms with Crippen LogP contribution in [0.5, 0.6) is 5.75 Å². The van der Waals surface area contributed by atoms with E-state index in [1.54, 1.807) is 52.0 Å². The molecule has 9 nitrogen and oxygen atoms in total. The Morgan fingerprint density at radius 2 is 1.75 bits per heavy atom. The number of anilines is 1. The molecule has 0 saturated heterocycles. The quantitative estimate of drug-likeness (QED) is 0.442. The SMILES string of the molecule is Cc1cc(C(C(=O)Nc2ccccc2C)N(C(=O)C(CO)NC(=O)OC(C)(C)C)C2CC2)ccc1O. The summed E-state index contributed by atoms with van der Waals surface area (Å²) >= 11 is 0. The highest BCUT2D eigenvalue weighted by molar-refractivity contribution is 5.99. The van der Waals surface area contributed by atoms with E-state index in [9.17, 15) is 24.6 Å². The minimum absolute atomic E-state index is 0.0703. The van der Waals surface area contributed by atoms with Crippen molar-refractivity contribution in [1.82, 2.24) is 10.2 Å². The molecule has 36 heavy (non-hydrogen) atoms. The molecule has 0 heterocycles. The third-order valence-corrected chi connectivity index (χ3v) is 5.83. The van der Waals surface area contributed by atoms with E-state index >= 15 is 0 Å².